The van der Waals surface area contributed by atoms with Crippen LogP contribution < -0.4 is 5.32 Å². The highest BCUT2D eigenvalue weighted by molar-refractivity contribution is 7.13. The standard InChI is InChI=1S/C20H17F4N5OS/c21-11-1-2-13-14(9-11)27-17(20(22,23)24)15-16(13)29(6-3-12-10-25-4-7-30-12)18(28-15)19-26-5-8-31-19/h1-2,5,8-9,12,25H,3-4,6-7,10H2. The Morgan fingerprint density at radius 3 is 2.84 bits per heavy atom. The predicted octanol–water partition coefficient (Wildman–Crippen LogP) is 4.24. The third kappa shape index (κ3) is 3.77. The Bertz CT molecular complexity index is 1230. The minimum absolute atomic E-state index is 0.0667. The number of imidazole rings is 1. The molecule has 0 saturated carbocycles. The minimum atomic E-state index is -4.74. The van der Waals surface area contributed by atoms with Crippen LogP contribution in [-0.2, 0) is 17.5 Å². The van der Waals surface area contributed by atoms with E-state index in [1.54, 1.807) is 16.1 Å². The summed E-state index contributed by atoms with van der Waals surface area (Å²) in [6.45, 7) is 2.39. The summed E-state index contributed by atoms with van der Waals surface area (Å²) in [5.74, 6) is -0.321. The normalized spacial score (nSPS) is 17.6. The van der Waals surface area contributed by atoms with Gasteiger partial charge in [-0.2, -0.15) is 13.2 Å². The molecule has 0 aliphatic carbocycles. The van der Waals surface area contributed by atoms with Crippen LogP contribution >= 0.6 is 11.3 Å². The van der Waals surface area contributed by atoms with E-state index >= 15 is 0 Å². The predicted molar refractivity (Wildman–Crippen MR) is 108 cm³/mol. The third-order valence-electron chi connectivity index (χ3n) is 5.21. The summed E-state index contributed by atoms with van der Waals surface area (Å²) in [5.41, 5.74) is -1.19. The Kier molecular flexibility index (Phi) is 5.11. The quantitative estimate of drug-likeness (QED) is 0.470. The van der Waals surface area contributed by atoms with Crippen molar-refractivity contribution in [3.8, 4) is 10.8 Å². The van der Waals surface area contributed by atoms with Gasteiger partial charge in [-0.25, -0.2) is 19.3 Å². The molecule has 3 aromatic heterocycles. The summed E-state index contributed by atoms with van der Waals surface area (Å²) in [4.78, 5) is 12.3. The minimum Gasteiger partial charge on any atom is -0.376 e. The van der Waals surface area contributed by atoms with Gasteiger partial charge in [0.05, 0.1) is 23.7 Å². The van der Waals surface area contributed by atoms with Crippen molar-refractivity contribution in [2.24, 2.45) is 0 Å². The summed E-state index contributed by atoms with van der Waals surface area (Å²) in [7, 11) is 0. The van der Waals surface area contributed by atoms with E-state index < -0.39 is 17.7 Å². The first-order valence-corrected chi connectivity index (χ1v) is 10.6. The van der Waals surface area contributed by atoms with Gasteiger partial charge in [0.2, 0.25) is 0 Å². The Hall–Kier alpha value is -2.63. The molecule has 1 N–H and O–H groups in total. The van der Waals surface area contributed by atoms with Crippen LogP contribution in [0.5, 0.6) is 0 Å². The van der Waals surface area contributed by atoms with Gasteiger partial charge >= 0.3 is 6.18 Å². The van der Waals surface area contributed by atoms with Crippen LogP contribution in [-0.4, -0.2) is 45.3 Å². The molecule has 0 spiro atoms. The van der Waals surface area contributed by atoms with Crippen LogP contribution in [0.25, 0.3) is 32.8 Å². The molecule has 1 fully saturated rings. The molecule has 6 nitrogen and oxygen atoms in total. The molecule has 5 rings (SSSR count). The highest BCUT2D eigenvalue weighted by Crippen LogP contribution is 2.39. The number of halogens is 4. The summed E-state index contributed by atoms with van der Waals surface area (Å²) in [5, 5.41) is 5.90. The number of morpholine rings is 1. The van der Waals surface area contributed by atoms with E-state index in [1.165, 1.54) is 23.5 Å². The number of fused-ring (bicyclic) bond motifs is 3. The maximum absolute atomic E-state index is 13.9. The number of nitrogens with one attached hydrogen (secondary N) is 1. The van der Waals surface area contributed by atoms with Crippen LogP contribution in [0.1, 0.15) is 12.1 Å². The molecule has 4 aromatic rings. The van der Waals surface area contributed by atoms with Crippen LogP contribution in [0.4, 0.5) is 17.6 Å². The second kappa shape index (κ2) is 7.81. The molecule has 0 radical (unpaired) electrons. The van der Waals surface area contributed by atoms with E-state index in [9.17, 15) is 17.6 Å². The summed E-state index contributed by atoms with van der Waals surface area (Å²) in [6.07, 6.45) is -2.66. The fourth-order valence-corrected chi connectivity index (χ4v) is 4.49. The SMILES string of the molecule is Fc1ccc2c(c1)nc(C(F)(F)F)c1nc(-c3nccs3)n(CCC3CNCCO3)c12. The van der Waals surface area contributed by atoms with Gasteiger partial charge in [-0.05, 0) is 18.6 Å². The Balaban J connectivity index is 1.75. The molecule has 11 heteroatoms. The number of hydrogen-bond acceptors (Lipinski definition) is 6. The second-order valence-corrected chi connectivity index (χ2v) is 8.12. The number of ether oxygens (including phenoxy) is 1. The number of thiazole rings is 1. The molecular weight excluding hydrogens is 434 g/mol. The zero-order chi connectivity index (χ0) is 21.6. The first kappa shape index (κ1) is 20.3. The molecule has 0 amide bonds. The maximum Gasteiger partial charge on any atom is 0.435 e. The molecule has 1 aromatic carbocycles. The molecule has 1 unspecified atom stereocenters. The number of alkyl halides is 3. The second-order valence-electron chi connectivity index (χ2n) is 7.23. The number of benzene rings is 1. The summed E-state index contributed by atoms with van der Waals surface area (Å²) in [6, 6.07) is 3.67. The summed E-state index contributed by atoms with van der Waals surface area (Å²) >= 11 is 1.29. The lowest BCUT2D eigenvalue weighted by atomic mass is 10.1. The van der Waals surface area contributed by atoms with Crippen LogP contribution in [0.15, 0.2) is 29.8 Å². The monoisotopic (exact) mass is 451 g/mol. The molecular formula is C20H17F4N5OS. The number of aryl methyl sites for hydroxylation is 1. The summed E-state index contributed by atoms with van der Waals surface area (Å²) < 4.78 is 62.9. The van der Waals surface area contributed by atoms with Crippen molar-refractivity contribution < 1.29 is 22.3 Å². The van der Waals surface area contributed by atoms with Gasteiger partial charge in [0, 0.05) is 42.7 Å². The van der Waals surface area contributed by atoms with Crippen LogP contribution in [0, 0.1) is 5.82 Å². The molecule has 162 valence electrons. The number of hydrogen-bond donors (Lipinski definition) is 1. The van der Waals surface area contributed by atoms with E-state index in [0.29, 0.717) is 42.3 Å². The van der Waals surface area contributed by atoms with Gasteiger partial charge in [-0.15, -0.1) is 11.3 Å². The molecule has 4 heterocycles. The fourth-order valence-electron chi connectivity index (χ4n) is 3.85. The number of rotatable bonds is 4. The first-order chi connectivity index (χ1) is 14.9. The van der Waals surface area contributed by atoms with Crippen molar-refractivity contribution in [1.82, 2.24) is 24.8 Å². The van der Waals surface area contributed by atoms with E-state index in [0.717, 1.165) is 12.6 Å². The zero-order valence-electron chi connectivity index (χ0n) is 16.1. The largest absolute Gasteiger partial charge is 0.435 e. The lowest BCUT2D eigenvalue weighted by molar-refractivity contribution is -0.139. The lowest BCUT2D eigenvalue weighted by Crippen LogP contribution is -2.38. The van der Waals surface area contributed by atoms with E-state index in [-0.39, 0.29) is 22.7 Å². The lowest BCUT2D eigenvalue weighted by Gasteiger charge is -2.24. The van der Waals surface area contributed by atoms with Crippen molar-refractivity contribution in [2.45, 2.75) is 25.2 Å². The molecule has 1 aliphatic heterocycles. The molecule has 1 aliphatic rings. The molecule has 31 heavy (non-hydrogen) atoms. The van der Waals surface area contributed by atoms with Crippen LogP contribution in [0.2, 0.25) is 0 Å². The van der Waals surface area contributed by atoms with E-state index in [4.69, 9.17) is 4.74 Å². The van der Waals surface area contributed by atoms with Crippen molar-refractivity contribution in [2.75, 3.05) is 19.7 Å². The van der Waals surface area contributed by atoms with Crippen molar-refractivity contribution in [3.05, 3.63) is 41.3 Å². The highest BCUT2D eigenvalue weighted by atomic mass is 32.1. The average molecular weight is 451 g/mol. The van der Waals surface area contributed by atoms with Crippen LogP contribution in [0.3, 0.4) is 0 Å². The number of aromatic nitrogens is 4. The first-order valence-electron chi connectivity index (χ1n) is 9.70. The smallest absolute Gasteiger partial charge is 0.376 e. The van der Waals surface area contributed by atoms with Gasteiger partial charge < -0.3 is 14.6 Å². The van der Waals surface area contributed by atoms with Gasteiger partial charge in [0.15, 0.2) is 16.5 Å². The topological polar surface area (TPSA) is 64.9 Å². The van der Waals surface area contributed by atoms with Gasteiger partial charge in [0.1, 0.15) is 11.3 Å². The van der Waals surface area contributed by atoms with Crippen molar-refractivity contribution in [1.29, 1.82) is 0 Å². The highest BCUT2D eigenvalue weighted by Gasteiger charge is 2.38. The average Bonchev–Trinajstić information content (AvgIpc) is 3.39. The van der Waals surface area contributed by atoms with Gasteiger partial charge in [-0.3, -0.25) is 0 Å². The molecule has 1 atom stereocenters. The molecule has 0 bridgehead atoms. The van der Waals surface area contributed by atoms with Gasteiger partial charge in [-0.1, -0.05) is 0 Å². The van der Waals surface area contributed by atoms with E-state index in [2.05, 4.69) is 20.3 Å². The molecule has 1 saturated heterocycles. The van der Waals surface area contributed by atoms with Crippen molar-refractivity contribution in [3.63, 3.8) is 0 Å². The Labute approximate surface area is 177 Å². The Morgan fingerprint density at radius 2 is 2.13 bits per heavy atom. The van der Waals surface area contributed by atoms with Gasteiger partial charge in [0.25, 0.3) is 0 Å². The Morgan fingerprint density at radius 1 is 1.26 bits per heavy atom. The fraction of sp³-hybridized carbons (Fsp3) is 0.350. The third-order valence-corrected chi connectivity index (χ3v) is 5.98. The van der Waals surface area contributed by atoms with E-state index in [1.807, 2.05) is 0 Å². The zero-order valence-corrected chi connectivity index (χ0v) is 16.9. The van der Waals surface area contributed by atoms with Crippen molar-refractivity contribution >= 4 is 33.3 Å². The number of nitrogens with zero attached hydrogens (tertiary/aromatic N) is 4. The maximum atomic E-state index is 13.9. The number of pyridine rings is 1.